The molecule has 9 nitrogen and oxygen atoms in total. The second-order valence-electron chi connectivity index (χ2n) is 9.48. The molecule has 1 aliphatic heterocycles. The van der Waals surface area contributed by atoms with Gasteiger partial charge >= 0.3 is 0 Å². The van der Waals surface area contributed by atoms with Crippen LogP contribution in [0.2, 0.25) is 0 Å². The highest BCUT2D eigenvalue weighted by Gasteiger charge is 2.26. The Balaban J connectivity index is 1.49. The first kappa shape index (κ1) is 26.2. The van der Waals surface area contributed by atoms with Crippen LogP contribution in [0.15, 0.2) is 45.9 Å². The number of nitrogens with one attached hydrogen (secondary N) is 2. The molecule has 1 aromatic carbocycles. The van der Waals surface area contributed by atoms with E-state index in [-0.39, 0.29) is 17.4 Å². The summed E-state index contributed by atoms with van der Waals surface area (Å²) in [7, 11) is -1.74. The molecule has 1 aliphatic rings. The molecule has 1 amide bonds. The lowest BCUT2D eigenvalue weighted by Crippen LogP contribution is -2.40. The number of hydrogen-bond donors (Lipinski definition) is 2. The average molecular weight is 494 g/mol. The maximum absolute atomic E-state index is 12.5. The fraction of sp³-hybridized carbons (Fsp3) is 0.542. The summed E-state index contributed by atoms with van der Waals surface area (Å²) in [6.45, 7) is 8.44. The van der Waals surface area contributed by atoms with Crippen molar-refractivity contribution in [2.24, 2.45) is 0 Å². The molecule has 0 atom stereocenters. The van der Waals surface area contributed by atoms with Crippen molar-refractivity contribution in [2.75, 3.05) is 33.4 Å². The molecule has 0 spiro atoms. The molecule has 2 heterocycles. The van der Waals surface area contributed by atoms with Gasteiger partial charge in [-0.2, -0.15) is 0 Å². The minimum atomic E-state index is -3.85. The molecule has 0 unspecified atom stereocenters. The van der Waals surface area contributed by atoms with Crippen molar-refractivity contribution in [1.29, 1.82) is 0 Å². The lowest BCUT2D eigenvalue weighted by molar-refractivity contribution is 0.0392. The van der Waals surface area contributed by atoms with Gasteiger partial charge in [-0.1, -0.05) is 12.1 Å². The summed E-state index contributed by atoms with van der Waals surface area (Å²) in [5.74, 6) is 0.159. The first-order valence-corrected chi connectivity index (χ1v) is 12.9. The maximum Gasteiger partial charge on any atom is 0.287 e. The molecule has 10 heteroatoms. The van der Waals surface area contributed by atoms with Gasteiger partial charge in [0, 0.05) is 37.9 Å². The summed E-state index contributed by atoms with van der Waals surface area (Å²) in [5.41, 5.74) is 0.193. The predicted octanol–water partition coefficient (Wildman–Crippen LogP) is 2.78. The van der Waals surface area contributed by atoms with E-state index in [1.165, 1.54) is 12.1 Å². The zero-order chi connectivity index (χ0) is 24.8. The Hall–Kier alpha value is -2.40. The van der Waals surface area contributed by atoms with E-state index in [0.717, 1.165) is 43.9 Å². The van der Waals surface area contributed by atoms with Crippen LogP contribution in [0.5, 0.6) is 5.75 Å². The third kappa shape index (κ3) is 7.83. The lowest BCUT2D eigenvalue weighted by atomic mass is 10.1. The first-order chi connectivity index (χ1) is 16.0. The monoisotopic (exact) mass is 493 g/mol. The van der Waals surface area contributed by atoms with Crippen LogP contribution in [0.4, 0.5) is 0 Å². The van der Waals surface area contributed by atoms with Gasteiger partial charge in [0.05, 0.1) is 0 Å². The van der Waals surface area contributed by atoms with Crippen LogP contribution in [0, 0.1) is 0 Å². The van der Waals surface area contributed by atoms with Crippen LogP contribution in [-0.2, 0) is 21.3 Å². The summed E-state index contributed by atoms with van der Waals surface area (Å²) in [6, 6.07) is 10.7. The van der Waals surface area contributed by atoms with Crippen molar-refractivity contribution in [3.05, 3.63) is 47.7 Å². The van der Waals surface area contributed by atoms with E-state index in [2.05, 4.69) is 22.0 Å². The van der Waals surface area contributed by atoms with Crippen molar-refractivity contribution >= 4 is 15.9 Å². The van der Waals surface area contributed by atoms with Gasteiger partial charge in [-0.25, -0.2) is 13.1 Å². The van der Waals surface area contributed by atoms with Crippen molar-refractivity contribution in [3.63, 3.8) is 0 Å². The van der Waals surface area contributed by atoms with Crippen LogP contribution < -0.4 is 14.8 Å². The molecule has 1 fully saturated rings. The zero-order valence-electron chi connectivity index (χ0n) is 20.3. The third-order valence-electron chi connectivity index (χ3n) is 5.39. The van der Waals surface area contributed by atoms with Crippen molar-refractivity contribution in [2.45, 2.75) is 56.8 Å². The lowest BCUT2D eigenvalue weighted by Gasteiger charge is -2.31. The van der Waals surface area contributed by atoms with Crippen LogP contribution in [-0.4, -0.2) is 64.2 Å². The number of ether oxygens (including phenoxy) is 2. The molecule has 0 radical (unpaired) electrons. The standard InChI is InChI=1S/C24H35N3O6S/c1-24(2,3)26-34(29,30)22-9-8-21(33-22)23(28)25-17-18-6-5-7-20(16-18)32-15-12-27(4)19-10-13-31-14-11-19/h5-9,16,19,26H,10-15,17H2,1-4H3,(H,25,28). The zero-order valence-corrected chi connectivity index (χ0v) is 21.1. The first-order valence-electron chi connectivity index (χ1n) is 11.5. The molecule has 0 bridgehead atoms. The highest BCUT2D eigenvalue weighted by atomic mass is 32.2. The SMILES string of the molecule is CN(CCOc1cccc(CNC(=O)c2ccc(S(=O)(=O)NC(C)(C)C)o2)c1)C1CCOCC1. The van der Waals surface area contributed by atoms with E-state index in [4.69, 9.17) is 13.9 Å². The molecule has 0 saturated carbocycles. The molecule has 1 saturated heterocycles. The molecule has 2 N–H and O–H groups in total. The van der Waals surface area contributed by atoms with Gasteiger partial charge in [0.25, 0.3) is 15.9 Å². The Morgan fingerprint density at radius 1 is 1.18 bits per heavy atom. The number of sulfonamides is 1. The van der Waals surface area contributed by atoms with E-state index >= 15 is 0 Å². The second kappa shape index (κ2) is 11.4. The summed E-state index contributed by atoms with van der Waals surface area (Å²) in [4.78, 5) is 14.8. The minimum Gasteiger partial charge on any atom is -0.492 e. The average Bonchev–Trinajstić information content (AvgIpc) is 3.28. The quantitative estimate of drug-likeness (QED) is 0.524. The molecule has 2 aromatic rings. The van der Waals surface area contributed by atoms with Gasteiger partial charge in [-0.05, 0) is 70.5 Å². The smallest absolute Gasteiger partial charge is 0.287 e. The number of nitrogens with zero attached hydrogens (tertiary/aromatic N) is 1. The fourth-order valence-corrected chi connectivity index (χ4v) is 5.02. The number of amides is 1. The summed E-state index contributed by atoms with van der Waals surface area (Å²) < 4.78 is 43.8. The van der Waals surface area contributed by atoms with Crippen LogP contribution in [0.3, 0.4) is 0 Å². The molecule has 1 aromatic heterocycles. The molecule has 3 rings (SSSR count). The largest absolute Gasteiger partial charge is 0.492 e. The topological polar surface area (TPSA) is 110 Å². The van der Waals surface area contributed by atoms with Gasteiger partial charge in [-0.3, -0.25) is 9.69 Å². The highest BCUT2D eigenvalue weighted by Crippen LogP contribution is 2.18. The number of hydrogen-bond acceptors (Lipinski definition) is 7. The molecule has 34 heavy (non-hydrogen) atoms. The van der Waals surface area contributed by atoms with Gasteiger partial charge in [0.2, 0.25) is 5.09 Å². The molecule has 0 aliphatic carbocycles. The number of rotatable bonds is 10. The minimum absolute atomic E-state index is 0.0714. The van der Waals surface area contributed by atoms with Crippen LogP contribution in [0.25, 0.3) is 0 Å². The van der Waals surface area contributed by atoms with Crippen LogP contribution >= 0.6 is 0 Å². The van der Waals surface area contributed by atoms with Gasteiger partial charge in [0.15, 0.2) is 5.76 Å². The normalized spacial score (nSPS) is 15.4. The van der Waals surface area contributed by atoms with Crippen molar-refractivity contribution in [1.82, 2.24) is 14.9 Å². The number of carbonyl (C=O) groups excluding carboxylic acids is 1. The number of likely N-dealkylation sites (N-methyl/N-ethyl adjacent to an activating group) is 1. The Bertz CT molecular complexity index is 1050. The van der Waals surface area contributed by atoms with E-state index in [9.17, 15) is 13.2 Å². The number of carbonyl (C=O) groups is 1. The molecular formula is C24H35N3O6S. The van der Waals surface area contributed by atoms with Crippen molar-refractivity contribution < 1.29 is 27.1 Å². The van der Waals surface area contributed by atoms with E-state index in [1.54, 1.807) is 20.8 Å². The van der Waals surface area contributed by atoms with E-state index in [1.807, 2.05) is 24.3 Å². The Morgan fingerprint density at radius 2 is 1.91 bits per heavy atom. The summed E-state index contributed by atoms with van der Waals surface area (Å²) >= 11 is 0. The van der Waals surface area contributed by atoms with Gasteiger partial charge in [-0.15, -0.1) is 0 Å². The maximum atomic E-state index is 12.5. The molecule has 188 valence electrons. The summed E-state index contributed by atoms with van der Waals surface area (Å²) in [6.07, 6.45) is 2.09. The Labute approximate surface area is 201 Å². The third-order valence-corrected chi connectivity index (χ3v) is 7.02. The van der Waals surface area contributed by atoms with Crippen molar-refractivity contribution in [3.8, 4) is 5.75 Å². The van der Waals surface area contributed by atoms with Gasteiger partial charge < -0.3 is 19.2 Å². The predicted molar refractivity (Wildman–Crippen MR) is 128 cm³/mol. The summed E-state index contributed by atoms with van der Waals surface area (Å²) in [5, 5.41) is 2.45. The van der Waals surface area contributed by atoms with E-state index in [0.29, 0.717) is 12.6 Å². The van der Waals surface area contributed by atoms with E-state index < -0.39 is 21.5 Å². The second-order valence-corrected chi connectivity index (χ2v) is 11.1. The molecular weight excluding hydrogens is 458 g/mol. The Morgan fingerprint density at radius 3 is 2.62 bits per heavy atom. The number of benzene rings is 1. The highest BCUT2D eigenvalue weighted by molar-refractivity contribution is 7.89. The fourth-order valence-electron chi connectivity index (χ4n) is 3.67. The number of furan rings is 1. The van der Waals surface area contributed by atoms with Gasteiger partial charge in [0.1, 0.15) is 12.4 Å². The Kier molecular flexibility index (Phi) is 8.75. The van der Waals surface area contributed by atoms with Crippen LogP contribution in [0.1, 0.15) is 49.7 Å².